The Balaban J connectivity index is 2.26. The van der Waals surface area contributed by atoms with Crippen LogP contribution in [0.5, 0.6) is 0 Å². The second-order valence-corrected chi connectivity index (χ2v) is 8.29. The van der Waals surface area contributed by atoms with E-state index in [1.807, 2.05) is 29.6 Å². The highest BCUT2D eigenvalue weighted by Gasteiger charge is 2.17. The van der Waals surface area contributed by atoms with Gasteiger partial charge in [0.2, 0.25) is 0 Å². The van der Waals surface area contributed by atoms with Crippen molar-refractivity contribution in [2.45, 2.75) is 11.4 Å². The molecule has 1 aromatic heterocycles. The van der Waals surface area contributed by atoms with Crippen LogP contribution in [0.25, 0.3) is 0 Å². The lowest BCUT2D eigenvalue weighted by Crippen LogP contribution is -2.13. The number of rotatable bonds is 5. The summed E-state index contributed by atoms with van der Waals surface area (Å²) >= 11 is 9.31. The maximum atomic E-state index is 12.3. The van der Waals surface area contributed by atoms with Gasteiger partial charge in [-0.15, -0.1) is 11.3 Å². The molecule has 8 heteroatoms. The fraction of sp³-hybridized carbons (Fsp3) is 0.167. The highest BCUT2D eigenvalue weighted by atomic mass is 127. The van der Waals surface area contributed by atoms with Gasteiger partial charge in [0.25, 0.3) is 10.0 Å². The number of sulfonamides is 1. The Morgan fingerprint density at radius 3 is 2.75 bits per heavy atom. The van der Waals surface area contributed by atoms with Gasteiger partial charge in [-0.2, -0.15) is 0 Å². The minimum atomic E-state index is -3.56. The monoisotopic (exact) mass is 442 g/mol. The average molecular weight is 443 g/mol. The first-order chi connectivity index (χ1) is 9.42. The molecule has 4 nitrogen and oxygen atoms in total. The minimum Gasteiger partial charge on any atom is -0.315 e. The summed E-state index contributed by atoms with van der Waals surface area (Å²) < 4.78 is 27.9. The fourth-order valence-corrected chi connectivity index (χ4v) is 5.10. The Bertz CT molecular complexity index is 716. The third kappa shape index (κ3) is 3.85. The summed E-state index contributed by atoms with van der Waals surface area (Å²) in [5, 5.41) is 5.20. The van der Waals surface area contributed by atoms with Crippen LogP contribution in [0.2, 0.25) is 5.02 Å². The van der Waals surface area contributed by atoms with Crippen molar-refractivity contribution in [1.82, 2.24) is 5.32 Å². The van der Waals surface area contributed by atoms with E-state index in [9.17, 15) is 8.42 Å². The van der Waals surface area contributed by atoms with Crippen LogP contribution >= 0.6 is 45.5 Å². The Labute approximate surface area is 140 Å². The summed E-state index contributed by atoms with van der Waals surface area (Å²) in [5.74, 6) is 0. The topological polar surface area (TPSA) is 58.2 Å². The molecule has 0 aliphatic heterocycles. The molecule has 0 radical (unpaired) electrons. The molecule has 0 amide bonds. The Morgan fingerprint density at radius 2 is 2.10 bits per heavy atom. The molecule has 20 heavy (non-hydrogen) atoms. The first kappa shape index (κ1) is 16.0. The summed E-state index contributed by atoms with van der Waals surface area (Å²) in [6.45, 7) is 0.651. The van der Waals surface area contributed by atoms with Crippen molar-refractivity contribution >= 4 is 61.2 Å². The van der Waals surface area contributed by atoms with Gasteiger partial charge in [0, 0.05) is 25.4 Å². The summed E-state index contributed by atoms with van der Waals surface area (Å²) in [7, 11) is -1.74. The molecule has 0 bridgehead atoms. The quantitative estimate of drug-likeness (QED) is 0.697. The molecule has 0 fully saturated rings. The highest BCUT2D eigenvalue weighted by molar-refractivity contribution is 14.1. The Hall–Kier alpha value is -0.350. The van der Waals surface area contributed by atoms with Gasteiger partial charge in [-0.25, -0.2) is 8.42 Å². The van der Waals surface area contributed by atoms with E-state index in [2.05, 4.69) is 10.0 Å². The van der Waals surface area contributed by atoms with E-state index in [0.717, 1.165) is 8.45 Å². The van der Waals surface area contributed by atoms with E-state index in [1.165, 1.54) is 11.3 Å². The molecule has 0 saturated heterocycles. The molecular weight excluding hydrogens is 431 g/mol. The van der Waals surface area contributed by atoms with Crippen molar-refractivity contribution in [3.05, 3.63) is 43.1 Å². The van der Waals surface area contributed by atoms with Crippen molar-refractivity contribution in [2.75, 3.05) is 11.8 Å². The second kappa shape index (κ2) is 6.61. The summed E-state index contributed by atoms with van der Waals surface area (Å²) in [6, 6.07) is 6.69. The van der Waals surface area contributed by atoms with Crippen LogP contribution in [0.1, 0.15) is 4.88 Å². The maximum absolute atomic E-state index is 12.3. The highest BCUT2D eigenvalue weighted by Crippen LogP contribution is 2.26. The van der Waals surface area contributed by atoms with Crippen molar-refractivity contribution in [3.8, 4) is 0 Å². The minimum absolute atomic E-state index is 0.276. The smallest absolute Gasteiger partial charge is 0.262 e. The summed E-state index contributed by atoms with van der Waals surface area (Å²) in [4.78, 5) is 1.25. The van der Waals surface area contributed by atoms with Crippen molar-refractivity contribution in [1.29, 1.82) is 0 Å². The molecule has 1 aromatic carbocycles. The van der Waals surface area contributed by atoms with E-state index >= 15 is 0 Å². The zero-order chi connectivity index (χ0) is 14.8. The number of hydrogen-bond donors (Lipinski definition) is 2. The van der Waals surface area contributed by atoms with Gasteiger partial charge in [-0.3, -0.25) is 4.72 Å². The maximum Gasteiger partial charge on any atom is 0.262 e. The normalized spacial score (nSPS) is 11.6. The molecule has 0 aliphatic carbocycles. The van der Waals surface area contributed by atoms with E-state index in [4.69, 9.17) is 11.6 Å². The van der Waals surface area contributed by atoms with E-state index < -0.39 is 10.0 Å². The molecule has 1 heterocycles. The number of nitrogens with one attached hydrogen (secondary N) is 2. The van der Waals surface area contributed by atoms with Crippen LogP contribution in [0.3, 0.4) is 0 Å². The van der Waals surface area contributed by atoms with Crippen LogP contribution in [0.15, 0.2) is 34.5 Å². The molecule has 2 N–H and O–H groups in total. The molecule has 2 rings (SSSR count). The molecule has 0 aliphatic rings. The first-order valence-corrected chi connectivity index (χ1v) is 9.44. The molecule has 0 unspecified atom stereocenters. The van der Waals surface area contributed by atoms with Crippen LogP contribution in [0.4, 0.5) is 5.69 Å². The Kier molecular flexibility index (Phi) is 5.30. The van der Waals surface area contributed by atoms with Crippen molar-refractivity contribution in [2.24, 2.45) is 0 Å². The van der Waals surface area contributed by atoms with Gasteiger partial charge in [-0.1, -0.05) is 11.6 Å². The molecule has 108 valence electrons. The zero-order valence-electron chi connectivity index (χ0n) is 10.5. The predicted molar refractivity (Wildman–Crippen MR) is 92.1 cm³/mol. The van der Waals surface area contributed by atoms with Gasteiger partial charge in [0.05, 0.1) is 10.6 Å². The number of anilines is 1. The molecule has 0 spiro atoms. The number of thiophene rings is 1. The van der Waals surface area contributed by atoms with Crippen LogP contribution in [0, 0.1) is 3.57 Å². The lowest BCUT2D eigenvalue weighted by molar-refractivity contribution is 0.601. The number of benzene rings is 1. The third-order valence-corrected chi connectivity index (χ3v) is 6.02. The van der Waals surface area contributed by atoms with Gasteiger partial charge in [0.15, 0.2) is 0 Å². The van der Waals surface area contributed by atoms with Gasteiger partial charge in [0.1, 0.15) is 0 Å². The average Bonchev–Trinajstić information content (AvgIpc) is 2.83. The largest absolute Gasteiger partial charge is 0.315 e. The molecule has 2 aromatic rings. The van der Waals surface area contributed by atoms with E-state index in [1.54, 1.807) is 29.6 Å². The van der Waals surface area contributed by atoms with Gasteiger partial charge < -0.3 is 5.32 Å². The molecular formula is C12H12ClIN2O2S2. The third-order valence-electron chi connectivity index (χ3n) is 2.47. The molecule has 0 saturated carbocycles. The van der Waals surface area contributed by atoms with Crippen LogP contribution < -0.4 is 10.0 Å². The lowest BCUT2D eigenvalue weighted by Gasteiger charge is -2.08. The first-order valence-electron chi connectivity index (χ1n) is 5.62. The molecule has 0 atom stereocenters. The van der Waals surface area contributed by atoms with Crippen LogP contribution in [-0.2, 0) is 16.6 Å². The van der Waals surface area contributed by atoms with Gasteiger partial charge in [-0.05, 0) is 53.9 Å². The number of hydrogen-bond acceptors (Lipinski definition) is 4. The van der Waals surface area contributed by atoms with Gasteiger partial charge >= 0.3 is 0 Å². The predicted octanol–water partition coefficient (Wildman–Crippen LogP) is 3.53. The summed E-state index contributed by atoms with van der Waals surface area (Å²) in [6.07, 6.45) is 0. The van der Waals surface area contributed by atoms with E-state index in [0.29, 0.717) is 17.3 Å². The van der Waals surface area contributed by atoms with E-state index in [-0.39, 0.29) is 4.90 Å². The second-order valence-electron chi connectivity index (χ2n) is 4.01. The number of halogens is 2. The van der Waals surface area contributed by atoms with Crippen molar-refractivity contribution in [3.63, 3.8) is 0 Å². The summed E-state index contributed by atoms with van der Waals surface area (Å²) in [5.41, 5.74) is 0.524. The zero-order valence-corrected chi connectivity index (χ0v) is 15.0. The Morgan fingerprint density at radius 1 is 1.35 bits per heavy atom. The van der Waals surface area contributed by atoms with Crippen molar-refractivity contribution < 1.29 is 8.42 Å². The lowest BCUT2D eigenvalue weighted by atomic mass is 10.3. The fourth-order valence-electron chi connectivity index (χ4n) is 1.54. The standard InChI is InChI=1S/C12H12ClIN2O2S2/c1-15-6-9-5-10(7-19-9)20(17,18)16-12-3-2-8(13)4-11(12)14/h2-5,7,15-16H,6H2,1H3. The SMILES string of the molecule is CNCc1cc(S(=O)(=O)Nc2ccc(Cl)cc2I)cs1. The van der Waals surface area contributed by atoms with Crippen LogP contribution in [-0.4, -0.2) is 15.5 Å².